The summed E-state index contributed by atoms with van der Waals surface area (Å²) in [7, 11) is 0. The summed E-state index contributed by atoms with van der Waals surface area (Å²) in [6, 6.07) is 14.0. The first-order chi connectivity index (χ1) is 10.5. The number of aryl methyl sites for hydroxylation is 1. The highest BCUT2D eigenvalue weighted by molar-refractivity contribution is 5.88. The molecule has 0 spiro atoms. The van der Waals surface area contributed by atoms with Crippen LogP contribution in [0.1, 0.15) is 12.5 Å². The molecular weight excluding hydrogens is 282 g/mol. The van der Waals surface area contributed by atoms with E-state index in [4.69, 9.17) is 9.47 Å². The Morgan fingerprint density at radius 1 is 1.05 bits per heavy atom. The minimum Gasteiger partial charge on any atom is -0.482 e. The molecule has 0 saturated heterocycles. The Balaban J connectivity index is 1.87. The average molecular weight is 299 g/mol. The number of amides is 1. The van der Waals surface area contributed by atoms with E-state index in [0.29, 0.717) is 17.2 Å². The van der Waals surface area contributed by atoms with E-state index in [2.05, 4.69) is 5.32 Å². The molecule has 1 N–H and O–H groups in total. The summed E-state index contributed by atoms with van der Waals surface area (Å²) < 4.78 is 10.6. The zero-order valence-electron chi connectivity index (χ0n) is 12.5. The molecule has 1 amide bonds. The number of ether oxygens (including phenoxy) is 2. The van der Waals surface area contributed by atoms with Gasteiger partial charge in [-0.05, 0) is 42.8 Å². The summed E-state index contributed by atoms with van der Waals surface area (Å²) in [5.74, 6) is 0.403. The fraction of sp³-hybridized carbons (Fsp3) is 0.176. The number of esters is 1. The number of carbonyl (C=O) groups excluding carboxylic acids is 2. The zero-order valence-corrected chi connectivity index (χ0v) is 12.5. The van der Waals surface area contributed by atoms with Gasteiger partial charge in [0.2, 0.25) is 5.91 Å². The summed E-state index contributed by atoms with van der Waals surface area (Å²) in [4.78, 5) is 22.7. The Morgan fingerprint density at radius 2 is 1.73 bits per heavy atom. The molecule has 0 aliphatic rings. The smallest absolute Gasteiger partial charge is 0.349 e. The second-order valence-electron chi connectivity index (χ2n) is 4.73. The van der Waals surface area contributed by atoms with Crippen LogP contribution in [0, 0.1) is 6.92 Å². The molecule has 0 radical (unpaired) electrons. The SMILES string of the molecule is CC(=O)Nc1ccc(OC(=O)COc2ccccc2C)cc1. The van der Waals surface area contributed by atoms with Gasteiger partial charge < -0.3 is 14.8 Å². The Kier molecular flexibility index (Phi) is 5.14. The molecule has 0 atom stereocenters. The highest BCUT2D eigenvalue weighted by Gasteiger charge is 2.07. The van der Waals surface area contributed by atoms with E-state index in [1.807, 2.05) is 25.1 Å². The van der Waals surface area contributed by atoms with Gasteiger partial charge in [-0.1, -0.05) is 18.2 Å². The van der Waals surface area contributed by atoms with Crippen LogP contribution >= 0.6 is 0 Å². The largest absolute Gasteiger partial charge is 0.482 e. The Labute approximate surface area is 128 Å². The maximum atomic E-state index is 11.7. The van der Waals surface area contributed by atoms with E-state index in [1.165, 1.54) is 6.92 Å². The number of rotatable bonds is 5. The second-order valence-corrected chi connectivity index (χ2v) is 4.73. The molecule has 0 aliphatic carbocycles. The lowest BCUT2D eigenvalue weighted by Gasteiger charge is -2.09. The van der Waals surface area contributed by atoms with Gasteiger partial charge in [-0.25, -0.2) is 4.79 Å². The minimum atomic E-state index is -0.490. The van der Waals surface area contributed by atoms with Crippen molar-refractivity contribution < 1.29 is 19.1 Å². The molecule has 0 heterocycles. The number of carbonyl (C=O) groups is 2. The van der Waals surface area contributed by atoms with E-state index in [1.54, 1.807) is 30.3 Å². The summed E-state index contributed by atoms with van der Waals surface area (Å²) in [6.07, 6.45) is 0. The lowest BCUT2D eigenvalue weighted by atomic mass is 10.2. The molecule has 22 heavy (non-hydrogen) atoms. The van der Waals surface area contributed by atoms with Crippen molar-refractivity contribution in [2.24, 2.45) is 0 Å². The van der Waals surface area contributed by atoms with Crippen LogP contribution in [0.2, 0.25) is 0 Å². The molecule has 114 valence electrons. The third kappa shape index (κ3) is 4.63. The van der Waals surface area contributed by atoms with Crippen LogP contribution in [0.3, 0.4) is 0 Å². The number of nitrogens with one attached hydrogen (secondary N) is 1. The number of para-hydroxylation sites is 1. The number of hydrogen-bond acceptors (Lipinski definition) is 4. The zero-order chi connectivity index (χ0) is 15.9. The second kappa shape index (κ2) is 7.26. The Hall–Kier alpha value is -2.82. The van der Waals surface area contributed by atoms with Crippen molar-refractivity contribution in [2.45, 2.75) is 13.8 Å². The van der Waals surface area contributed by atoms with Crippen molar-refractivity contribution in [2.75, 3.05) is 11.9 Å². The number of hydrogen-bond donors (Lipinski definition) is 1. The minimum absolute atomic E-state index is 0.156. The third-order valence-electron chi connectivity index (χ3n) is 2.85. The maximum Gasteiger partial charge on any atom is 0.349 e. The monoisotopic (exact) mass is 299 g/mol. The van der Waals surface area contributed by atoms with Gasteiger partial charge in [0, 0.05) is 12.6 Å². The van der Waals surface area contributed by atoms with Crippen LogP contribution in [0.4, 0.5) is 5.69 Å². The van der Waals surface area contributed by atoms with Gasteiger partial charge in [-0.15, -0.1) is 0 Å². The first-order valence-electron chi connectivity index (χ1n) is 6.81. The molecule has 0 aromatic heterocycles. The van der Waals surface area contributed by atoms with Crippen LogP contribution in [-0.2, 0) is 9.59 Å². The van der Waals surface area contributed by atoms with E-state index < -0.39 is 5.97 Å². The average Bonchev–Trinajstić information content (AvgIpc) is 2.48. The van der Waals surface area contributed by atoms with Crippen molar-refractivity contribution in [3.05, 3.63) is 54.1 Å². The molecule has 0 unspecified atom stereocenters. The normalized spacial score (nSPS) is 9.91. The third-order valence-corrected chi connectivity index (χ3v) is 2.85. The standard InChI is InChI=1S/C17H17NO4/c1-12-5-3-4-6-16(12)21-11-17(20)22-15-9-7-14(8-10-15)18-13(2)19/h3-10H,11H2,1-2H3,(H,18,19). The van der Waals surface area contributed by atoms with Gasteiger partial charge in [-0.3, -0.25) is 4.79 Å². The number of benzene rings is 2. The molecule has 2 aromatic carbocycles. The van der Waals surface area contributed by atoms with Crippen molar-refractivity contribution >= 4 is 17.6 Å². The topological polar surface area (TPSA) is 64.6 Å². The van der Waals surface area contributed by atoms with Crippen LogP contribution < -0.4 is 14.8 Å². The molecule has 5 nitrogen and oxygen atoms in total. The van der Waals surface area contributed by atoms with Gasteiger partial charge in [-0.2, -0.15) is 0 Å². The first-order valence-corrected chi connectivity index (χ1v) is 6.81. The molecule has 0 fully saturated rings. The van der Waals surface area contributed by atoms with Crippen molar-refractivity contribution in [3.63, 3.8) is 0 Å². The van der Waals surface area contributed by atoms with Crippen molar-refractivity contribution in [3.8, 4) is 11.5 Å². The van der Waals surface area contributed by atoms with Crippen LogP contribution in [0.15, 0.2) is 48.5 Å². The highest BCUT2D eigenvalue weighted by Crippen LogP contribution is 2.18. The molecule has 0 aliphatic heterocycles. The molecule has 0 bridgehead atoms. The van der Waals surface area contributed by atoms with E-state index >= 15 is 0 Å². The lowest BCUT2D eigenvalue weighted by Crippen LogP contribution is -2.18. The number of anilines is 1. The first kappa shape index (κ1) is 15.6. The van der Waals surface area contributed by atoms with Gasteiger partial charge in [0.25, 0.3) is 0 Å². The molecular formula is C17H17NO4. The predicted molar refractivity (Wildman–Crippen MR) is 83.1 cm³/mol. The fourth-order valence-electron chi connectivity index (χ4n) is 1.83. The van der Waals surface area contributed by atoms with Crippen LogP contribution in [0.25, 0.3) is 0 Å². The van der Waals surface area contributed by atoms with Crippen LogP contribution in [0.5, 0.6) is 11.5 Å². The molecule has 0 saturated carbocycles. The summed E-state index contributed by atoms with van der Waals surface area (Å²) >= 11 is 0. The van der Waals surface area contributed by atoms with E-state index in [9.17, 15) is 9.59 Å². The molecule has 5 heteroatoms. The van der Waals surface area contributed by atoms with Crippen LogP contribution in [-0.4, -0.2) is 18.5 Å². The molecule has 2 rings (SSSR count). The highest BCUT2D eigenvalue weighted by atomic mass is 16.6. The summed E-state index contributed by atoms with van der Waals surface area (Å²) in [5, 5.41) is 2.63. The fourth-order valence-corrected chi connectivity index (χ4v) is 1.83. The van der Waals surface area contributed by atoms with Gasteiger partial charge in [0.05, 0.1) is 0 Å². The predicted octanol–water partition coefficient (Wildman–Crippen LogP) is 2.94. The van der Waals surface area contributed by atoms with Gasteiger partial charge in [0.1, 0.15) is 11.5 Å². The van der Waals surface area contributed by atoms with E-state index in [-0.39, 0.29) is 12.5 Å². The van der Waals surface area contributed by atoms with Gasteiger partial charge in [0.15, 0.2) is 6.61 Å². The molecule has 2 aromatic rings. The van der Waals surface area contributed by atoms with Crippen molar-refractivity contribution in [1.82, 2.24) is 0 Å². The Morgan fingerprint density at radius 3 is 2.36 bits per heavy atom. The van der Waals surface area contributed by atoms with E-state index in [0.717, 1.165) is 5.56 Å². The van der Waals surface area contributed by atoms with Gasteiger partial charge >= 0.3 is 5.97 Å². The summed E-state index contributed by atoms with van der Waals surface area (Å²) in [5.41, 5.74) is 1.60. The lowest BCUT2D eigenvalue weighted by molar-refractivity contribution is -0.136. The maximum absolute atomic E-state index is 11.7. The Bertz CT molecular complexity index is 665. The van der Waals surface area contributed by atoms with Crippen molar-refractivity contribution in [1.29, 1.82) is 0 Å². The summed E-state index contributed by atoms with van der Waals surface area (Å²) in [6.45, 7) is 3.16. The quantitative estimate of drug-likeness (QED) is 0.681.